The largest absolute Gasteiger partial charge is 0.507 e. The quantitative estimate of drug-likeness (QED) is 0.233. The molecule has 1 atom stereocenters. The number of rotatable bonds is 10. The monoisotopic (exact) mass is 493 g/mol. The molecule has 0 bridgehead atoms. The molecule has 8 nitrogen and oxygen atoms in total. The van der Waals surface area contributed by atoms with Crippen molar-refractivity contribution in [3.05, 3.63) is 65.0 Å². The molecular weight excluding hydrogens is 458 g/mol. The Balaban J connectivity index is 1.62. The van der Waals surface area contributed by atoms with Crippen LogP contribution >= 0.6 is 0 Å². The number of ether oxygens (including phenoxy) is 2. The standard InChI is InChI=1S/C28H35N3O5/c1-3-4-15-36-23-9-8-21(18-20(23)2)26(32)24-25(22-7-5-10-29-19-22)31(28(34)27(24)33)12-6-11-30-13-16-35-17-14-30/h5,7-10,18-19,25,32H,3-4,6,11-17H2,1-2H3/b26-24+/t25-/m1/s1. The molecule has 3 heterocycles. The molecule has 36 heavy (non-hydrogen) atoms. The topological polar surface area (TPSA) is 92.2 Å². The molecule has 2 saturated heterocycles. The molecule has 2 fully saturated rings. The van der Waals surface area contributed by atoms with Gasteiger partial charge in [-0.3, -0.25) is 19.5 Å². The number of Topliss-reactive ketones (excluding diaryl/α,β-unsaturated/α-hetero) is 1. The molecule has 2 aliphatic rings. The highest BCUT2D eigenvalue weighted by atomic mass is 16.5. The molecule has 0 spiro atoms. The van der Waals surface area contributed by atoms with Crippen molar-refractivity contribution >= 4 is 17.4 Å². The number of carbonyl (C=O) groups excluding carboxylic acids is 2. The minimum atomic E-state index is -0.691. The van der Waals surface area contributed by atoms with Gasteiger partial charge in [-0.15, -0.1) is 0 Å². The number of ketones is 1. The molecule has 0 aliphatic carbocycles. The molecule has 0 unspecified atom stereocenters. The zero-order valence-electron chi connectivity index (χ0n) is 21.1. The Morgan fingerprint density at radius 3 is 2.67 bits per heavy atom. The van der Waals surface area contributed by atoms with Crippen LogP contribution in [-0.2, 0) is 14.3 Å². The van der Waals surface area contributed by atoms with E-state index in [2.05, 4.69) is 16.8 Å². The lowest BCUT2D eigenvalue weighted by Gasteiger charge is -2.29. The number of pyridine rings is 1. The van der Waals surface area contributed by atoms with E-state index in [4.69, 9.17) is 9.47 Å². The summed E-state index contributed by atoms with van der Waals surface area (Å²) in [5.41, 5.74) is 2.13. The van der Waals surface area contributed by atoms with Gasteiger partial charge in [0, 0.05) is 44.1 Å². The van der Waals surface area contributed by atoms with Crippen LogP contribution in [0.1, 0.15) is 48.9 Å². The Morgan fingerprint density at radius 2 is 1.97 bits per heavy atom. The highest BCUT2D eigenvalue weighted by molar-refractivity contribution is 6.46. The highest BCUT2D eigenvalue weighted by Crippen LogP contribution is 2.39. The molecule has 2 aliphatic heterocycles. The maximum absolute atomic E-state index is 13.2. The Bertz CT molecular complexity index is 1100. The Morgan fingerprint density at radius 1 is 1.17 bits per heavy atom. The average molecular weight is 494 g/mol. The zero-order valence-corrected chi connectivity index (χ0v) is 21.1. The Labute approximate surface area is 212 Å². The zero-order chi connectivity index (χ0) is 25.5. The summed E-state index contributed by atoms with van der Waals surface area (Å²) in [6, 6.07) is 8.25. The van der Waals surface area contributed by atoms with Gasteiger partial charge in [0.1, 0.15) is 11.5 Å². The van der Waals surface area contributed by atoms with Crippen molar-refractivity contribution in [2.24, 2.45) is 0 Å². The van der Waals surface area contributed by atoms with E-state index in [0.29, 0.717) is 43.9 Å². The minimum absolute atomic E-state index is 0.0958. The predicted octanol–water partition coefficient (Wildman–Crippen LogP) is 3.71. The van der Waals surface area contributed by atoms with E-state index in [-0.39, 0.29) is 11.3 Å². The van der Waals surface area contributed by atoms with Crippen molar-refractivity contribution < 1.29 is 24.2 Å². The van der Waals surface area contributed by atoms with Gasteiger partial charge in [-0.25, -0.2) is 0 Å². The molecule has 1 amide bonds. The summed E-state index contributed by atoms with van der Waals surface area (Å²) >= 11 is 0. The third kappa shape index (κ3) is 5.77. The fourth-order valence-corrected chi connectivity index (χ4v) is 4.72. The van der Waals surface area contributed by atoms with Crippen LogP contribution in [0, 0.1) is 6.92 Å². The van der Waals surface area contributed by atoms with Gasteiger partial charge in [-0.2, -0.15) is 0 Å². The Hall–Kier alpha value is -3.23. The molecule has 4 rings (SSSR count). The number of amides is 1. The summed E-state index contributed by atoms with van der Waals surface area (Å²) in [6.07, 6.45) is 6.01. The average Bonchev–Trinajstić information content (AvgIpc) is 3.15. The van der Waals surface area contributed by atoms with E-state index in [0.717, 1.165) is 43.8 Å². The molecule has 0 saturated carbocycles. The van der Waals surface area contributed by atoms with Crippen molar-refractivity contribution in [3.63, 3.8) is 0 Å². The van der Waals surface area contributed by atoms with Gasteiger partial charge in [0.05, 0.1) is 31.4 Å². The van der Waals surface area contributed by atoms with Crippen molar-refractivity contribution in [2.75, 3.05) is 46.0 Å². The lowest BCUT2D eigenvalue weighted by Crippen LogP contribution is -2.39. The highest BCUT2D eigenvalue weighted by Gasteiger charge is 2.46. The summed E-state index contributed by atoms with van der Waals surface area (Å²) in [6.45, 7) is 9.00. The summed E-state index contributed by atoms with van der Waals surface area (Å²) in [7, 11) is 0. The number of nitrogens with zero attached hydrogens (tertiary/aromatic N) is 3. The lowest BCUT2D eigenvalue weighted by molar-refractivity contribution is -0.140. The van der Waals surface area contributed by atoms with Gasteiger partial charge in [0.2, 0.25) is 0 Å². The number of benzene rings is 1. The number of aromatic nitrogens is 1. The number of carbonyl (C=O) groups is 2. The second-order valence-corrected chi connectivity index (χ2v) is 9.27. The number of aliphatic hydroxyl groups is 1. The van der Waals surface area contributed by atoms with Crippen molar-refractivity contribution in [3.8, 4) is 5.75 Å². The van der Waals surface area contributed by atoms with Gasteiger partial charge in [-0.1, -0.05) is 19.4 Å². The third-order valence-electron chi connectivity index (χ3n) is 6.72. The summed E-state index contributed by atoms with van der Waals surface area (Å²) in [5.74, 6) is -0.703. The van der Waals surface area contributed by atoms with E-state index in [1.807, 2.05) is 13.0 Å². The number of hydrogen-bond donors (Lipinski definition) is 1. The smallest absolute Gasteiger partial charge is 0.295 e. The molecule has 1 aromatic heterocycles. The maximum Gasteiger partial charge on any atom is 0.295 e. The number of likely N-dealkylation sites (tertiary alicyclic amines) is 1. The molecule has 0 radical (unpaired) electrons. The maximum atomic E-state index is 13.2. The first kappa shape index (κ1) is 25.9. The summed E-state index contributed by atoms with van der Waals surface area (Å²) in [5, 5.41) is 11.3. The molecule has 2 aromatic rings. The fraction of sp³-hybridized carbons (Fsp3) is 0.464. The van der Waals surface area contributed by atoms with E-state index >= 15 is 0 Å². The van der Waals surface area contributed by atoms with Crippen LogP contribution in [0.2, 0.25) is 0 Å². The number of aryl methyl sites for hydroxylation is 1. The van der Waals surface area contributed by atoms with Crippen LogP contribution < -0.4 is 4.74 Å². The Kier molecular flexibility index (Phi) is 8.72. The van der Waals surface area contributed by atoms with Gasteiger partial charge in [-0.05, 0) is 55.2 Å². The molecular formula is C28H35N3O5. The second kappa shape index (κ2) is 12.1. The van der Waals surface area contributed by atoms with Crippen LogP contribution in [-0.4, -0.2) is 77.6 Å². The van der Waals surface area contributed by atoms with E-state index in [9.17, 15) is 14.7 Å². The molecule has 1 aromatic carbocycles. The van der Waals surface area contributed by atoms with Gasteiger partial charge in [0.15, 0.2) is 0 Å². The van der Waals surface area contributed by atoms with Crippen LogP contribution in [0.15, 0.2) is 48.3 Å². The van der Waals surface area contributed by atoms with Crippen LogP contribution in [0.25, 0.3) is 5.76 Å². The van der Waals surface area contributed by atoms with Gasteiger partial charge >= 0.3 is 0 Å². The van der Waals surface area contributed by atoms with E-state index in [1.165, 1.54) is 0 Å². The van der Waals surface area contributed by atoms with Crippen molar-refractivity contribution in [2.45, 2.75) is 39.2 Å². The molecule has 1 N–H and O–H groups in total. The van der Waals surface area contributed by atoms with Crippen LogP contribution in [0.3, 0.4) is 0 Å². The summed E-state index contributed by atoms with van der Waals surface area (Å²) in [4.78, 5) is 34.4. The third-order valence-corrected chi connectivity index (χ3v) is 6.72. The lowest BCUT2D eigenvalue weighted by atomic mass is 9.95. The number of morpholine rings is 1. The first-order chi connectivity index (χ1) is 17.5. The number of aliphatic hydroxyl groups excluding tert-OH is 1. The van der Waals surface area contributed by atoms with Crippen LogP contribution in [0.5, 0.6) is 5.75 Å². The SMILES string of the molecule is CCCCOc1ccc(/C(O)=C2\C(=O)C(=O)N(CCCN3CCOCC3)[C@@H]2c2cccnc2)cc1C. The van der Waals surface area contributed by atoms with E-state index < -0.39 is 17.7 Å². The van der Waals surface area contributed by atoms with Crippen molar-refractivity contribution in [1.29, 1.82) is 0 Å². The molecule has 192 valence electrons. The first-order valence-electron chi connectivity index (χ1n) is 12.7. The molecule has 8 heteroatoms. The predicted molar refractivity (Wildman–Crippen MR) is 137 cm³/mol. The van der Waals surface area contributed by atoms with Crippen molar-refractivity contribution in [1.82, 2.24) is 14.8 Å². The van der Waals surface area contributed by atoms with Gasteiger partial charge in [0.25, 0.3) is 11.7 Å². The minimum Gasteiger partial charge on any atom is -0.507 e. The fourth-order valence-electron chi connectivity index (χ4n) is 4.72. The summed E-state index contributed by atoms with van der Waals surface area (Å²) < 4.78 is 11.2. The van der Waals surface area contributed by atoms with Gasteiger partial charge < -0.3 is 19.5 Å². The number of hydrogen-bond acceptors (Lipinski definition) is 7. The van der Waals surface area contributed by atoms with E-state index in [1.54, 1.807) is 41.6 Å². The number of unbranched alkanes of at least 4 members (excludes halogenated alkanes) is 1. The normalized spacial score (nSPS) is 20.2. The van der Waals surface area contributed by atoms with Crippen LogP contribution in [0.4, 0.5) is 0 Å². The first-order valence-corrected chi connectivity index (χ1v) is 12.7. The second-order valence-electron chi connectivity index (χ2n) is 9.27.